The molecule has 464 valence electrons. The second-order valence-corrected chi connectivity index (χ2v) is 21.7. The van der Waals surface area contributed by atoms with Crippen molar-refractivity contribution >= 4 is 36.3 Å². The summed E-state index contributed by atoms with van der Waals surface area (Å²) < 4.78 is 173. The van der Waals surface area contributed by atoms with E-state index in [2.05, 4.69) is 25.9 Å². The lowest BCUT2D eigenvalue weighted by atomic mass is 9.63. The van der Waals surface area contributed by atoms with Crippen LogP contribution in [0.1, 0.15) is 143 Å². The van der Waals surface area contributed by atoms with Crippen LogP contribution in [0.15, 0.2) is 107 Å². The van der Waals surface area contributed by atoms with E-state index in [0.29, 0.717) is 75.9 Å². The Balaban J connectivity index is 0.000000269. The van der Waals surface area contributed by atoms with Gasteiger partial charge < -0.3 is 25.4 Å². The highest BCUT2D eigenvalue weighted by Gasteiger charge is 2.52. The van der Waals surface area contributed by atoms with Gasteiger partial charge in [-0.3, -0.25) is 39.0 Å². The first-order valence-corrected chi connectivity index (χ1v) is 27.2. The average molecular weight is 1210 g/mol. The molecule has 1 saturated heterocycles. The van der Waals surface area contributed by atoms with Crippen molar-refractivity contribution in [2.75, 3.05) is 45.9 Å². The van der Waals surface area contributed by atoms with Gasteiger partial charge in [0, 0.05) is 25.0 Å². The Hall–Kier alpha value is -6.86. The van der Waals surface area contributed by atoms with E-state index in [1.807, 2.05) is 48.5 Å². The molecule has 1 aliphatic carbocycles. The van der Waals surface area contributed by atoms with E-state index < -0.39 is 81.2 Å². The molecule has 3 aliphatic heterocycles. The number of benzene rings is 4. The predicted molar refractivity (Wildman–Crippen MR) is 293 cm³/mol. The number of amides is 4. The highest BCUT2D eigenvalue weighted by Crippen LogP contribution is 2.49. The molecule has 3 heterocycles. The van der Waals surface area contributed by atoms with Gasteiger partial charge in [-0.05, 0) is 125 Å². The van der Waals surface area contributed by atoms with Crippen molar-refractivity contribution in [3.8, 4) is 0 Å². The molecule has 0 unspecified atom stereocenters. The predicted octanol–water partition coefficient (Wildman–Crippen LogP) is 12.3. The number of piperidine rings is 1. The molecule has 4 atom stereocenters. The molecular formula is C60H69F12N7O6. The Labute approximate surface area is 485 Å². The molecule has 0 spiro atoms. The molecule has 3 N–H and O–H groups in total. The zero-order valence-electron chi connectivity index (χ0n) is 46.4. The summed E-state index contributed by atoms with van der Waals surface area (Å²) in [4.78, 5) is 61.9. The van der Waals surface area contributed by atoms with E-state index in [9.17, 15) is 71.9 Å². The summed E-state index contributed by atoms with van der Waals surface area (Å²) in [6.07, 6.45) is -16.7. The van der Waals surface area contributed by atoms with Gasteiger partial charge in [-0.15, -0.1) is 0 Å². The zero-order chi connectivity index (χ0) is 61.5. The molecule has 4 aromatic rings. The molecule has 0 radical (unpaired) electrons. The van der Waals surface area contributed by atoms with Gasteiger partial charge >= 0.3 is 24.7 Å². The number of aliphatic imine (C=N–C) groups is 2. The van der Waals surface area contributed by atoms with E-state index in [4.69, 9.17) is 9.47 Å². The maximum absolute atomic E-state index is 13.5. The highest BCUT2D eigenvalue weighted by molar-refractivity contribution is 5.96. The number of nitrogens with zero attached hydrogens (tertiary/aromatic N) is 4. The highest BCUT2D eigenvalue weighted by atomic mass is 19.4. The molecule has 1 saturated carbocycles. The first-order valence-electron chi connectivity index (χ1n) is 27.2. The fourth-order valence-corrected chi connectivity index (χ4v) is 11.4. The third-order valence-corrected chi connectivity index (χ3v) is 16.1. The van der Waals surface area contributed by atoms with E-state index in [1.54, 1.807) is 30.9 Å². The minimum atomic E-state index is -4.98. The summed E-state index contributed by atoms with van der Waals surface area (Å²) in [7, 11) is 0. The third-order valence-electron chi connectivity index (χ3n) is 16.1. The first kappa shape index (κ1) is 67.3. The van der Waals surface area contributed by atoms with E-state index in [-0.39, 0.29) is 100 Å². The van der Waals surface area contributed by atoms with Crippen LogP contribution >= 0.6 is 0 Å². The van der Waals surface area contributed by atoms with Gasteiger partial charge in [-0.1, -0.05) is 68.1 Å². The lowest BCUT2D eigenvalue weighted by Crippen LogP contribution is -2.65. The summed E-state index contributed by atoms with van der Waals surface area (Å²) in [6, 6.07) is 21.3. The van der Waals surface area contributed by atoms with E-state index >= 15 is 0 Å². The second-order valence-electron chi connectivity index (χ2n) is 21.7. The van der Waals surface area contributed by atoms with Crippen LogP contribution in [0.25, 0.3) is 0 Å². The van der Waals surface area contributed by atoms with Gasteiger partial charge in [-0.25, -0.2) is 0 Å². The number of hydrogen-bond acceptors (Lipinski definition) is 9. The van der Waals surface area contributed by atoms with Gasteiger partial charge in [0.25, 0.3) is 0 Å². The van der Waals surface area contributed by atoms with Crippen molar-refractivity contribution in [1.29, 1.82) is 0 Å². The number of carbonyl (C=O) groups excluding carboxylic acids is 4. The fraction of sp³-hybridized carbons (Fsp3) is 0.500. The Bertz CT molecular complexity index is 2740. The number of nitrogens with one attached hydrogen (secondary N) is 3. The summed E-state index contributed by atoms with van der Waals surface area (Å²) in [5.41, 5.74) is -7.76. The van der Waals surface area contributed by atoms with Crippen LogP contribution in [0.3, 0.4) is 0 Å². The molecule has 13 nitrogen and oxygen atoms in total. The minimum Gasteiger partial charge on any atom is -0.373 e. The molecule has 25 heteroatoms. The Morgan fingerprint density at radius 2 is 0.929 bits per heavy atom. The van der Waals surface area contributed by atoms with Gasteiger partial charge in [0.1, 0.15) is 13.1 Å². The largest absolute Gasteiger partial charge is 0.416 e. The van der Waals surface area contributed by atoms with Crippen LogP contribution in [-0.2, 0) is 64.3 Å². The summed E-state index contributed by atoms with van der Waals surface area (Å²) in [5, 5.41) is 9.00. The molecule has 85 heavy (non-hydrogen) atoms. The van der Waals surface area contributed by atoms with Crippen LogP contribution in [-0.4, -0.2) is 103 Å². The molecule has 4 aromatic carbocycles. The average Bonchev–Trinajstić information content (AvgIpc) is 2.15. The number of hydrogen-bond donors (Lipinski definition) is 3. The quantitative estimate of drug-likeness (QED) is 0.0838. The van der Waals surface area contributed by atoms with E-state index in [1.165, 1.54) is 31.4 Å². The maximum Gasteiger partial charge on any atom is 0.416 e. The van der Waals surface area contributed by atoms with Crippen molar-refractivity contribution in [1.82, 2.24) is 25.8 Å². The van der Waals surface area contributed by atoms with Crippen molar-refractivity contribution < 1.29 is 81.3 Å². The zero-order valence-corrected chi connectivity index (χ0v) is 46.4. The molecule has 0 aromatic heterocycles. The molecule has 4 amide bonds. The van der Waals surface area contributed by atoms with Gasteiger partial charge in [0.2, 0.25) is 23.6 Å². The molecule has 2 fully saturated rings. The van der Waals surface area contributed by atoms with Crippen LogP contribution in [0.5, 0.6) is 0 Å². The molecule has 0 bridgehead atoms. The van der Waals surface area contributed by atoms with Crippen LogP contribution in [0.4, 0.5) is 52.7 Å². The lowest BCUT2D eigenvalue weighted by Gasteiger charge is -2.50. The standard InChI is InChI=1S/C30H33F6N3O3.C29H32F6N4O3.CH4/c1-3-38-25(40)16-28(39-19-37-17-26(39)41)11-9-27(10-12-28,22-7-5-4-6-8-22)18-42-20(2)21-13-23(29(31,32)33)15-24(14-21)30(34,35)36;1-3-37-24(40)14-26(39-18-36-15-25(39)41)9-10-27(38-16-26,21-7-5-4-6-8-21)17-42-19(2)20-11-22(28(30,31)32)13-23(12-20)29(33,34)35;/h4-8,13-15,19-20H,3,9-12,16-18H2,1-2H3,(H,38,40);4-8,11-13,18-19,38H,3,9-10,14-17H2,1-2H3,(H,37,40);1H4/t20-,27?,28?;19-,26-,27-;/m11./s1. The number of rotatable bonds is 18. The Morgan fingerprint density at radius 3 is 1.29 bits per heavy atom. The normalized spacial score (nSPS) is 23.4. The van der Waals surface area contributed by atoms with Crippen LogP contribution in [0, 0.1) is 0 Å². The monoisotopic (exact) mass is 1210 g/mol. The second kappa shape index (κ2) is 26.8. The number of ether oxygens (including phenoxy) is 2. The maximum atomic E-state index is 13.5. The third kappa shape index (κ3) is 16.0. The van der Waals surface area contributed by atoms with E-state index in [0.717, 1.165) is 11.1 Å². The minimum absolute atomic E-state index is 0. The number of halogens is 12. The first-order chi connectivity index (χ1) is 39.4. The van der Waals surface area contributed by atoms with Crippen molar-refractivity contribution in [3.05, 3.63) is 142 Å². The Kier molecular flexibility index (Phi) is 21.2. The van der Waals surface area contributed by atoms with Crippen LogP contribution < -0.4 is 16.0 Å². The topological polar surface area (TPSA) is 154 Å². The van der Waals surface area contributed by atoms with Crippen molar-refractivity contribution in [3.63, 3.8) is 0 Å². The summed E-state index contributed by atoms with van der Waals surface area (Å²) in [5.74, 6) is -0.896. The summed E-state index contributed by atoms with van der Waals surface area (Å²) >= 11 is 0. The fourth-order valence-electron chi connectivity index (χ4n) is 11.4. The number of carbonyl (C=O) groups is 4. The number of alkyl halides is 12. The molecule has 4 aliphatic rings. The van der Waals surface area contributed by atoms with Crippen molar-refractivity contribution in [2.24, 2.45) is 9.98 Å². The SMILES string of the molecule is C.CCNC(=O)CC1(N2C=NCC2=O)CCC(CO[C@H](C)c2cc(C(F)(F)F)cc(C(F)(F)F)c2)(c2ccccc2)CC1.CCNC(=O)C[C@]1(N2C=NCC2=O)CC[C@@](CO[C@H](C)c2cc(C(F)(F)F)cc(C(F)(F)F)c2)(c2ccccc2)NC1. The molecule has 8 rings (SSSR count). The smallest absolute Gasteiger partial charge is 0.373 e. The van der Waals surface area contributed by atoms with Gasteiger partial charge in [-0.2, -0.15) is 52.7 Å². The molecular weight excluding hydrogens is 1140 g/mol. The van der Waals surface area contributed by atoms with Crippen LogP contribution in [0.2, 0.25) is 0 Å². The van der Waals surface area contributed by atoms with Gasteiger partial charge in [0.05, 0.1) is 89.8 Å². The lowest BCUT2D eigenvalue weighted by molar-refractivity contribution is -0.145. The van der Waals surface area contributed by atoms with Gasteiger partial charge in [0.15, 0.2) is 0 Å². The van der Waals surface area contributed by atoms with Crippen molar-refractivity contribution in [2.45, 2.75) is 145 Å². The Morgan fingerprint density at radius 1 is 0.553 bits per heavy atom. The summed E-state index contributed by atoms with van der Waals surface area (Å²) in [6.45, 7) is 7.29.